The molecule has 0 aromatic heterocycles. The number of aliphatic carboxylic acids is 1. The lowest BCUT2D eigenvalue weighted by Gasteiger charge is -2.33. The second-order valence-electron chi connectivity index (χ2n) is 5.64. The lowest BCUT2D eigenvalue weighted by atomic mass is 9.79. The molecular weight excluding hydrogens is 232 g/mol. The molecule has 0 spiro atoms. The van der Waals surface area contributed by atoms with Crippen LogP contribution in [0.15, 0.2) is 0 Å². The van der Waals surface area contributed by atoms with Gasteiger partial charge in [-0.2, -0.15) is 0 Å². The van der Waals surface area contributed by atoms with Gasteiger partial charge in [0.05, 0.1) is 18.6 Å². The molecule has 1 aliphatic carbocycles. The molecule has 2 aliphatic rings. The van der Waals surface area contributed by atoms with Crippen LogP contribution in [0.3, 0.4) is 0 Å². The minimum absolute atomic E-state index is 0.253. The van der Waals surface area contributed by atoms with E-state index in [0.29, 0.717) is 12.3 Å². The Hall–Kier alpha value is -0.650. The smallest absolute Gasteiger partial charge is 0.310 e. The van der Waals surface area contributed by atoms with Crippen molar-refractivity contribution in [3.63, 3.8) is 0 Å². The Labute approximate surface area is 108 Å². The van der Waals surface area contributed by atoms with Crippen LogP contribution in [0, 0.1) is 11.3 Å². The molecule has 0 aromatic carbocycles. The number of carboxylic acid groups (broad SMARTS) is 1. The normalized spacial score (nSPS) is 24.7. The molecular formula is C13H24N2O3. The fraction of sp³-hybridized carbons (Fsp3) is 0.923. The molecule has 0 amide bonds. The van der Waals surface area contributed by atoms with Gasteiger partial charge in [0.25, 0.3) is 0 Å². The van der Waals surface area contributed by atoms with Crippen molar-refractivity contribution in [2.24, 2.45) is 17.1 Å². The molecule has 0 aromatic rings. The van der Waals surface area contributed by atoms with Gasteiger partial charge in [-0.05, 0) is 25.3 Å². The third kappa shape index (κ3) is 3.43. The highest BCUT2D eigenvalue weighted by Crippen LogP contribution is 2.42. The van der Waals surface area contributed by atoms with Gasteiger partial charge in [0.2, 0.25) is 0 Å². The average molecular weight is 256 g/mol. The molecule has 5 nitrogen and oxygen atoms in total. The van der Waals surface area contributed by atoms with Crippen LogP contribution in [0.2, 0.25) is 0 Å². The standard InChI is InChI=1S/C13H24N2O3/c14-10-13(12(16)17,9-11-1-2-11)3-4-15-5-7-18-8-6-15/h11H,1-10,14H2,(H,16,17). The van der Waals surface area contributed by atoms with E-state index in [1.54, 1.807) is 0 Å². The summed E-state index contributed by atoms with van der Waals surface area (Å²) < 4.78 is 5.30. The first-order valence-electron chi connectivity index (χ1n) is 6.90. The van der Waals surface area contributed by atoms with Gasteiger partial charge >= 0.3 is 5.97 Å². The van der Waals surface area contributed by atoms with Gasteiger partial charge in [-0.1, -0.05) is 12.8 Å². The Bertz CT molecular complexity index is 288. The van der Waals surface area contributed by atoms with E-state index in [1.165, 1.54) is 12.8 Å². The molecule has 1 aliphatic heterocycles. The Morgan fingerprint density at radius 2 is 2.06 bits per heavy atom. The maximum atomic E-state index is 11.6. The molecule has 1 saturated heterocycles. The number of rotatable bonds is 7. The van der Waals surface area contributed by atoms with E-state index >= 15 is 0 Å². The summed E-state index contributed by atoms with van der Waals surface area (Å²) in [6.45, 7) is 4.40. The van der Waals surface area contributed by atoms with Crippen LogP contribution < -0.4 is 5.73 Å². The Morgan fingerprint density at radius 3 is 2.56 bits per heavy atom. The van der Waals surface area contributed by atoms with E-state index in [1.807, 2.05) is 0 Å². The van der Waals surface area contributed by atoms with Gasteiger partial charge in [0.1, 0.15) is 0 Å². The largest absolute Gasteiger partial charge is 0.481 e. The van der Waals surface area contributed by atoms with Crippen LogP contribution in [0.1, 0.15) is 25.7 Å². The molecule has 18 heavy (non-hydrogen) atoms. The molecule has 0 radical (unpaired) electrons. The zero-order chi connectivity index (χ0) is 13.0. The van der Waals surface area contributed by atoms with Crippen LogP contribution in [0.4, 0.5) is 0 Å². The third-order valence-corrected chi connectivity index (χ3v) is 4.23. The third-order valence-electron chi connectivity index (χ3n) is 4.23. The number of morpholine rings is 1. The first-order chi connectivity index (χ1) is 8.66. The minimum Gasteiger partial charge on any atom is -0.481 e. The monoisotopic (exact) mass is 256 g/mol. The number of nitrogens with two attached hydrogens (primary N) is 1. The topological polar surface area (TPSA) is 75.8 Å². The van der Waals surface area contributed by atoms with E-state index in [-0.39, 0.29) is 6.54 Å². The summed E-state index contributed by atoms with van der Waals surface area (Å²) in [5.74, 6) is -0.125. The summed E-state index contributed by atoms with van der Waals surface area (Å²) >= 11 is 0. The van der Waals surface area contributed by atoms with Crippen molar-refractivity contribution in [3.05, 3.63) is 0 Å². The highest BCUT2D eigenvalue weighted by atomic mass is 16.5. The first-order valence-corrected chi connectivity index (χ1v) is 6.90. The van der Waals surface area contributed by atoms with Crippen LogP contribution in [-0.4, -0.2) is 55.4 Å². The van der Waals surface area contributed by atoms with Crippen molar-refractivity contribution in [1.29, 1.82) is 0 Å². The summed E-state index contributed by atoms with van der Waals surface area (Å²) in [6.07, 6.45) is 3.76. The van der Waals surface area contributed by atoms with Crippen LogP contribution in [0.25, 0.3) is 0 Å². The van der Waals surface area contributed by atoms with E-state index < -0.39 is 11.4 Å². The van der Waals surface area contributed by atoms with Crippen LogP contribution in [0.5, 0.6) is 0 Å². The van der Waals surface area contributed by atoms with Gasteiger partial charge in [0.15, 0.2) is 0 Å². The molecule has 3 N–H and O–H groups in total. The first kappa shape index (κ1) is 13.8. The van der Waals surface area contributed by atoms with Crippen molar-refractivity contribution in [2.75, 3.05) is 39.4 Å². The summed E-state index contributed by atoms with van der Waals surface area (Å²) in [7, 11) is 0. The molecule has 2 rings (SSSR count). The zero-order valence-corrected chi connectivity index (χ0v) is 10.9. The van der Waals surface area contributed by atoms with Gasteiger partial charge < -0.3 is 15.6 Å². The van der Waals surface area contributed by atoms with Gasteiger partial charge in [-0.25, -0.2) is 0 Å². The van der Waals surface area contributed by atoms with Crippen LogP contribution in [-0.2, 0) is 9.53 Å². The lowest BCUT2D eigenvalue weighted by molar-refractivity contribution is -0.150. The summed E-state index contributed by atoms with van der Waals surface area (Å²) in [4.78, 5) is 13.8. The molecule has 1 saturated carbocycles. The van der Waals surface area contributed by atoms with Crippen molar-refractivity contribution in [1.82, 2.24) is 4.90 Å². The minimum atomic E-state index is -0.717. The maximum absolute atomic E-state index is 11.6. The van der Waals surface area contributed by atoms with Crippen molar-refractivity contribution in [2.45, 2.75) is 25.7 Å². The Balaban J connectivity index is 1.88. The second-order valence-corrected chi connectivity index (χ2v) is 5.64. The molecule has 1 unspecified atom stereocenters. The highest BCUT2D eigenvalue weighted by molar-refractivity contribution is 5.75. The van der Waals surface area contributed by atoms with Crippen molar-refractivity contribution >= 4 is 5.97 Å². The van der Waals surface area contributed by atoms with Gasteiger partial charge in [-0.15, -0.1) is 0 Å². The molecule has 1 heterocycles. The van der Waals surface area contributed by atoms with Gasteiger partial charge in [-0.3, -0.25) is 9.69 Å². The molecule has 0 bridgehead atoms. The number of ether oxygens (including phenoxy) is 1. The fourth-order valence-corrected chi connectivity index (χ4v) is 2.64. The maximum Gasteiger partial charge on any atom is 0.310 e. The number of carbonyl (C=O) groups is 1. The number of hydrogen-bond donors (Lipinski definition) is 2. The van der Waals surface area contributed by atoms with E-state index in [9.17, 15) is 9.90 Å². The summed E-state index contributed by atoms with van der Waals surface area (Å²) in [6, 6.07) is 0. The van der Waals surface area contributed by atoms with Gasteiger partial charge in [0, 0.05) is 19.6 Å². The number of nitrogens with zero attached hydrogens (tertiary/aromatic N) is 1. The average Bonchev–Trinajstić information content (AvgIpc) is 3.19. The number of hydrogen-bond acceptors (Lipinski definition) is 4. The SMILES string of the molecule is NCC(CCN1CCOCC1)(CC1CC1)C(=O)O. The van der Waals surface area contributed by atoms with Crippen molar-refractivity contribution in [3.8, 4) is 0 Å². The highest BCUT2D eigenvalue weighted by Gasteiger charge is 2.42. The van der Waals surface area contributed by atoms with E-state index in [4.69, 9.17) is 10.5 Å². The molecule has 2 fully saturated rings. The second kappa shape index (κ2) is 5.99. The number of carboxylic acids is 1. The molecule has 104 valence electrons. The van der Waals surface area contributed by atoms with Crippen LogP contribution >= 0.6 is 0 Å². The Kier molecular flexibility index (Phi) is 4.59. The predicted molar refractivity (Wildman–Crippen MR) is 68.3 cm³/mol. The molecule has 1 atom stereocenters. The fourth-order valence-electron chi connectivity index (χ4n) is 2.64. The lowest BCUT2D eigenvalue weighted by Crippen LogP contribution is -2.44. The molecule has 5 heteroatoms. The predicted octanol–water partition coefficient (Wildman–Crippen LogP) is 0.539. The van der Waals surface area contributed by atoms with E-state index in [2.05, 4.69) is 4.90 Å². The quantitative estimate of drug-likeness (QED) is 0.695. The Morgan fingerprint density at radius 1 is 1.39 bits per heavy atom. The summed E-state index contributed by atoms with van der Waals surface area (Å²) in [5, 5.41) is 9.51. The summed E-state index contributed by atoms with van der Waals surface area (Å²) in [5.41, 5.74) is 5.07. The zero-order valence-electron chi connectivity index (χ0n) is 10.9. The van der Waals surface area contributed by atoms with Crippen molar-refractivity contribution < 1.29 is 14.6 Å². The van der Waals surface area contributed by atoms with E-state index in [0.717, 1.165) is 39.3 Å².